The van der Waals surface area contributed by atoms with Crippen molar-refractivity contribution in [2.75, 3.05) is 6.54 Å². The zero-order valence-electron chi connectivity index (χ0n) is 8.76. The first-order valence-electron chi connectivity index (χ1n) is 5.01. The molecule has 0 aliphatic rings. The molecule has 0 spiro atoms. The van der Waals surface area contributed by atoms with E-state index in [1.807, 2.05) is 18.2 Å². The normalized spacial score (nSPS) is 12.8. The molecule has 4 heteroatoms. The van der Waals surface area contributed by atoms with Gasteiger partial charge in [-0.1, -0.05) is 11.6 Å². The van der Waals surface area contributed by atoms with E-state index in [0.717, 1.165) is 24.5 Å². The number of rotatable bonds is 5. The van der Waals surface area contributed by atoms with Gasteiger partial charge in [-0.3, -0.25) is 0 Å². The van der Waals surface area contributed by atoms with Gasteiger partial charge in [-0.05, 0) is 66.2 Å². The van der Waals surface area contributed by atoms with E-state index in [1.165, 1.54) is 9.13 Å². The van der Waals surface area contributed by atoms with Gasteiger partial charge in [-0.15, -0.1) is 0 Å². The quantitative estimate of drug-likeness (QED) is 0.810. The van der Waals surface area contributed by atoms with Gasteiger partial charge in [0, 0.05) is 21.2 Å². The molecule has 0 aliphatic heterocycles. The lowest BCUT2D eigenvalue weighted by atomic mass is 10.2. The molecule has 15 heavy (non-hydrogen) atoms. The van der Waals surface area contributed by atoms with Crippen LogP contribution in [0.1, 0.15) is 18.9 Å². The van der Waals surface area contributed by atoms with Crippen molar-refractivity contribution in [2.24, 2.45) is 5.73 Å². The second kappa shape index (κ2) is 6.68. The van der Waals surface area contributed by atoms with Crippen molar-refractivity contribution in [3.05, 3.63) is 32.4 Å². The number of halogens is 2. The van der Waals surface area contributed by atoms with Crippen molar-refractivity contribution < 1.29 is 0 Å². The summed E-state index contributed by atoms with van der Waals surface area (Å²) in [6, 6.07) is 6.40. The molecule has 0 saturated heterocycles. The summed E-state index contributed by atoms with van der Waals surface area (Å²) in [5.41, 5.74) is 6.73. The molecule has 0 aromatic heterocycles. The Bertz CT molecular complexity index is 317. The molecule has 1 aromatic carbocycles. The third-order valence-electron chi connectivity index (χ3n) is 2.25. The van der Waals surface area contributed by atoms with Crippen molar-refractivity contribution in [3.8, 4) is 0 Å². The Hall–Kier alpha value is 0.160. The van der Waals surface area contributed by atoms with Crippen molar-refractivity contribution in [3.63, 3.8) is 0 Å². The maximum Gasteiger partial charge on any atom is 0.0409 e. The predicted octanol–water partition coefficient (Wildman–Crippen LogP) is 2.77. The summed E-state index contributed by atoms with van der Waals surface area (Å²) in [6.07, 6.45) is 0.997. The zero-order valence-corrected chi connectivity index (χ0v) is 11.7. The maximum atomic E-state index is 5.94. The SMILES string of the molecule is CC(CCN)NCc1cc(Cl)ccc1I. The van der Waals surface area contributed by atoms with Crippen LogP contribution in [0.4, 0.5) is 0 Å². The minimum absolute atomic E-state index is 0.449. The van der Waals surface area contributed by atoms with Crippen molar-refractivity contribution in [2.45, 2.75) is 25.9 Å². The highest BCUT2D eigenvalue weighted by Crippen LogP contribution is 2.17. The van der Waals surface area contributed by atoms with Crippen LogP contribution in [0, 0.1) is 3.57 Å². The first-order valence-corrected chi connectivity index (χ1v) is 6.46. The van der Waals surface area contributed by atoms with Crippen LogP contribution in [0.3, 0.4) is 0 Å². The number of hydrogen-bond acceptors (Lipinski definition) is 2. The molecular formula is C11H16ClIN2. The Balaban J connectivity index is 2.53. The Morgan fingerprint density at radius 2 is 2.27 bits per heavy atom. The summed E-state index contributed by atoms with van der Waals surface area (Å²) in [5.74, 6) is 0. The molecule has 1 rings (SSSR count). The van der Waals surface area contributed by atoms with Crippen LogP contribution in [0.15, 0.2) is 18.2 Å². The van der Waals surface area contributed by atoms with Gasteiger partial charge in [-0.25, -0.2) is 0 Å². The lowest BCUT2D eigenvalue weighted by Gasteiger charge is -2.13. The third kappa shape index (κ3) is 4.68. The van der Waals surface area contributed by atoms with E-state index in [2.05, 4.69) is 34.8 Å². The van der Waals surface area contributed by atoms with Crippen LogP contribution in [0.25, 0.3) is 0 Å². The number of nitrogens with two attached hydrogens (primary N) is 1. The first kappa shape index (κ1) is 13.2. The monoisotopic (exact) mass is 338 g/mol. The van der Waals surface area contributed by atoms with Crippen LogP contribution < -0.4 is 11.1 Å². The summed E-state index contributed by atoms with van der Waals surface area (Å²) in [5, 5.41) is 4.21. The van der Waals surface area contributed by atoms with E-state index in [9.17, 15) is 0 Å². The average Bonchev–Trinajstić information content (AvgIpc) is 2.20. The third-order valence-corrected chi connectivity index (χ3v) is 3.54. The molecule has 0 amide bonds. The largest absolute Gasteiger partial charge is 0.330 e. The minimum atomic E-state index is 0.449. The molecule has 2 nitrogen and oxygen atoms in total. The summed E-state index contributed by atoms with van der Waals surface area (Å²) in [6.45, 7) is 3.71. The van der Waals surface area contributed by atoms with Crippen molar-refractivity contribution >= 4 is 34.2 Å². The van der Waals surface area contributed by atoms with Gasteiger partial charge in [-0.2, -0.15) is 0 Å². The Morgan fingerprint density at radius 3 is 2.93 bits per heavy atom. The Kier molecular flexibility index (Phi) is 5.89. The van der Waals surface area contributed by atoms with Gasteiger partial charge in [0.25, 0.3) is 0 Å². The molecule has 0 aliphatic carbocycles. The van der Waals surface area contributed by atoms with Crippen LogP contribution in [0.2, 0.25) is 5.02 Å². The molecule has 0 fully saturated rings. The fourth-order valence-corrected chi connectivity index (χ4v) is 2.04. The highest BCUT2D eigenvalue weighted by atomic mass is 127. The lowest BCUT2D eigenvalue weighted by Crippen LogP contribution is -2.28. The highest BCUT2D eigenvalue weighted by Gasteiger charge is 2.03. The average molecular weight is 339 g/mol. The highest BCUT2D eigenvalue weighted by molar-refractivity contribution is 14.1. The van der Waals surface area contributed by atoms with E-state index in [4.69, 9.17) is 17.3 Å². The van der Waals surface area contributed by atoms with Gasteiger partial charge in [0.15, 0.2) is 0 Å². The van der Waals surface area contributed by atoms with Crippen LogP contribution in [-0.4, -0.2) is 12.6 Å². The van der Waals surface area contributed by atoms with Gasteiger partial charge >= 0.3 is 0 Å². The minimum Gasteiger partial charge on any atom is -0.330 e. The summed E-state index contributed by atoms with van der Waals surface area (Å²) in [4.78, 5) is 0. The van der Waals surface area contributed by atoms with Crippen LogP contribution in [-0.2, 0) is 6.54 Å². The molecule has 84 valence electrons. The Labute approximate surface area is 110 Å². The predicted molar refractivity (Wildman–Crippen MR) is 74.1 cm³/mol. The van der Waals surface area contributed by atoms with E-state index in [-0.39, 0.29) is 0 Å². The summed E-state index contributed by atoms with van der Waals surface area (Å²) in [7, 11) is 0. The molecule has 3 N–H and O–H groups in total. The fraction of sp³-hybridized carbons (Fsp3) is 0.455. The van der Waals surface area contributed by atoms with Crippen molar-refractivity contribution in [1.29, 1.82) is 0 Å². The van der Waals surface area contributed by atoms with Gasteiger partial charge in [0.1, 0.15) is 0 Å². The molecular weight excluding hydrogens is 322 g/mol. The van der Waals surface area contributed by atoms with Crippen molar-refractivity contribution in [1.82, 2.24) is 5.32 Å². The fourth-order valence-electron chi connectivity index (χ4n) is 1.32. The van der Waals surface area contributed by atoms with Crippen LogP contribution >= 0.6 is 34.2 Å². The molecule has 0 heterocycles. The molecule has 0 radical (unpaired) electrons. The lowest BCUT2D eigenvalue weighted by molar-refractivity contribution is 0.519. The smallest absolute Gasteiger partial charge is 0.0409 e. The summed E-state index contributed by atoms with van der Waals surface area (Å²) >= 11 is 8.26. The zero-order chi connectivity index (χ0) is 11.3. The number of benzene rings is 1. The number of hydrogen-bond donors (Lipinski definition) is 2. The maximum absolute atomic E-state index is 5.94. The molecule has 1 atom stereocenters. The van der Waals surface area contributed by atoms with Gasteiger partial charge < -0.3 is 11.1 Å². The second-order valence-corrected chi connectivity index (χ2v) is 5.19. The molecule has 0 bridgehead atoms. The number of nitrogens with one attached hydrogen (secondary N) is 1. The van der Waals surface area contributed by atoms with E-state index in [0.29, 0.717) is 6.04 Å². The molecule has 1 aromatic rings. The first-order chi connectivity index (χ1) is 7.13. The molecule has 1 unspecified atom stereocenters. The van der Waals surface area contributed by atoms with E-state index in [1.54, 1.807) is 0 Å². The topological polar surface area (TPSA) is 38.0 Å². The molecule has 0 saturated carbocycles. The van der Waals surface area contributed by atoms with E-state index >= 15 is 0 Å². The van der Waals surface area contributed by atoms with Crippen LogP contribution in [0.5, 0.6) is 0 Å². The van der Waals surface area contributed by atoms with Gasteiger partial charge in [0.05, 0.1) is 0 Å². The Morgan fingerprint density at radius 1 is 1.53 bits per heavy atom. The van der Waals surface area contributed by atoms with Gasteiger partial charge in [0.2, 0.25) is 0 Å². The second-order valence-electron chi connectivity index (χ2n) is 3.60. The summed E-state index contributed by atoms with van der Waals surface area (Å²) < 4.78 is 1.24. The van der Waals surface area contributed by atoms with E-state index < -0.39 is 0 Å². The standard InChI is InChI=1S/C11H16ClIN2/c1-8(4-5-14)15-7-9-6-10(12)2-3-11(9)13/h2-3,6,8,15H,4-5,7,14H2,1H3.